The van der Waals surface area contributed by atoms with E-state index in [2.05, 4.69) is 4.98 Å². The lowest BCUT2D eigenvalue weighted by Gasteiger charge is -2.37. The van der Waals surface area contributed by atoms with Crippen LogP contribution in [0.1, 0.15) is 30.1 Å². The predicted octanol–water partition coefficient (Wildman–Crippen LogP) is 1.01. The van der Waals surface area contributed by atoms with E-state index in [1.165, 1.54) is 0 Å². The van der Waals surface area contributed by atoms with Gasteiger partial charge in [0.25, 0.3) is 0 Å². The summed E-state index contributed by atoms with van der Waals surface area (Å²) in [5.74, 6) is 0.160. The predicted molar refractivity (Wildman–Crippen MR) is 61.7 cm³/mol. The van der Waals surface area contributed by atoms with Crippen molar-refractivity contribution in [3.05, 3.63) is 29.6 Å². The zero-order chi connectivity index (χ0) is 11.7. The van der Waals surface area contributed by atoms with Gasteiger partial charge in [-0.2, -0.15) is 0 Å². The van der Waals surface area contributed by atoms with Crippen LogP contribution in [0.4, 0.5) is 0 Å². The van der Waals surface area contributed by atoms with Gasteiger partial charge in [-0.25, -0.2) is 0 Å². The molecule has 0 aliphatic carbocycles. The molecule has 2 rings (SSSR count). The molecule has 2 N–H and O–H groups in total. The molecule has 0 bridgehead atoms. The highest BCUT2D eigenvalue weighted by atomic mass is 16.2. The van der Waals surface area contributed by atoms with Crippen LogP contribution < -0.4 is 5.73 Å². The van der Waals surface area contributed by atoms with E-state index in [1.807, 2.05) is 32.3 Å². The van der Waals surface area contributed by atoms with E-state index in [0.29, 0.717) is 6.42 Å². The van der Waals surface area contributed by atoms with Crippen LogP contribution in [-0.2, 0) is 4.79 Å². The van der Waals surface area contributed by atoms with Gasteiger partial charge in [-0.15, -0.1) is 0 Å². The maximum absolute atomic E-state index is 11.6. The molecule has 1 amide bonds. The fourth-order valence-corrected chi connectivity index (χ4v) is 2.19. The number of likely N-dealkylation sites (tertiary alicyclic amines) is 1. The second kappa shape index (κ2) is 4.22. The minimum absolute atomic E-state index is 0.00667. The molecule has 1 aromatic rings. The summed E-state index contributed by atoms with van der Waals surface area (Å²) in [6, 6.07) is 3.93. The second-order valence-electron chi connectivity index (χ2n) is 4.38. The Bertz CT molecular complexity index is 388. The third-order valence-corrected chi connectivity index (χ3v) is 3.18. The monoisotopic (exact) mass is 219 g/mol. The van der Waals surface area contributed by atoms with Gasteiger partial charge < -0.3 is 10.6 Å². The fraction of sp³-hybridized carbons (Fsp3) is 0.500. The van der Waals surface area contributed by atoms with Crippen LogP contribution in [0.3, 0.4) is 0 Å². The molecule has 1 saturated heterocycles. The lowest BCUT2D eigenvalue weighted by atomic mass is 9.92. The minimum Gasteiger partial charge on any atom is -0.337 e. The van der Waals surface area contributed by atoms with Crippen molar-refractivity contribution < 1.29 is 4.79 Å². The largest absolute Gasteiger partial charge is 0.337 e. The average Bonchev–Trinajstić information content (AvgIpc) is 2.27. The Morgan fingerprint density at radius 1 is 1.50 bits per heavy atom. The zero-order valence-electron chi connectivity index (χ0n) is 9.68. The molecule has 0 radical (unpaired) electrons. The quantitative estimate of drug-likeness (QED) is 0.767. The number of carbonyl (C=O) groups is 1. The molecule has 1 aliphatic heterocycles. The number of piperidine rings is 1. The van der Waals surface area contributed by atoms with Crippen LogP contribution in [0.5, 0.6) is 0 Å². The normalized spacial score (nSPS) is 25.9. The molecule has 0 saturated carbocycles. The van der Waals surface area contributed by atoms with Crippen molar-refractivity contribution in [3.8, 4) is 0 Å². The summed E-state index contributed by atoms with van der Waals surface area (Å²) in [5.41, 5.74) is 8.08. The van der Waals surface area contributed by atoms with Crippen molar-refractivity contribution in [3.63, 3.8) is 0 Å². The molecule has 1 fully saturated rings. The van der Waals surface area contributed by atoms with Gasteiger partial charge in [-0.05, 0) is 25.0 Å². The highest BCUT2D eigenvalue weighted by molar-refractivity contribution is 5.77. The summed E-state index contributed by atoms with van der Waals surface area (Å²) in [6.45, 7) is 1.94. The van der Waals surface area contributed by atoms with E-state index >= 15 is 0 Å². The van der Waals surface area contributed by atoms with Gasteiger partial charge in [0.2, 0.25) is 5.91 Å². The number of aryl methyl sites for hydroxylation is 1. The first-order valence-corrected chi connectivity index (χ1v) is 5.53. The Morgan fingerprint density at radius 3 is 2.88 bits per heavy atom. The molecule has 1 aromatic heterocycles. The number of hydrogen-bond acceptors (Lipinski definition) is 3. The molecule has 4 heteroatoms. The summed E-state index contributed by atoms with van der Waals surface area (Å²) in [5, 5.41) is 0. The first-order chi connectivity index (χ1) is 7.59. The number of hydrogen-bond donors (Lipinski definition) is 1. The van der Waals surface area contributed by atoms with E-state index in [1.54, 1.807) is 4.90 Å². The van der Waals surface area contributed by atoms with E-state index in [9.17, 15) is 4.79 Å². The van der Waals surface area contributed by atoms with Crippen LogP contribution in [0.25, 0.3) is 0 Å². The SMILES string of the molecule is Cc1ccc(C2C(N)CCC(=O)N2C)cn1. The van der Waals surface area contributed by atoms with Gasteiger partial charge in [0.15, 0.2) is 0 Å². The first-order valence-electron chi connectivity index (χ1n) is 5.53. The van der Waals surface area contributed by atoms with Crippen molar-refractivity contribution in [1.82, 2.24) is 9.88 Å². The van der Waals surface area contributed by atoms with Crippen LogP contribution >= 0.6 is 0 Å². The lowest BCUT2D eigenvalue weighted by Crippen LogP contribution is -2.46. The highest BCUT2D eigenvalue weighted by Crippen LogP contribution is 2.28. The molecule has 0 aromatic carbocycles. The van der Waals surface area contributed by atoms with Gasteiger partial charge in [0.1, 0.15) is 0 Å². The first kappa shape index (κ1) is 11.1. The molecule has 2 unspecified atom stereocenters. The van der Waals surface area contributed by atoms with Crippen LogP contribution in [0, 0.1) is 6.92 Å². The lowest BCUT2D eigenvalue weighted by molar-refractivity contribution is -0.135. The van der Waals surface area contributed by atoms with Gasteiger partial charge in [0, 0.05) is 31.4 Å². The standard InChI is InChI=1S/C12H17N3O/c1-8-3-4-9(7-14-8)12-10(13)5-6-11(16)15(12)2/h3-4,7,10,12H,5-6,13H2,1-2H3. The molecule has 16 heavy (non-hydrogen) atoms. The Morgan fingerprint density at radius 2 is 2.25 bits per heavy atom. The van der Waals surface area contributed by atoms with Crippen LogP contribution in [0.2, 0.25) is 0 Å². The Balaban J connectivity index is 2.29. The summed E-state index contributed by atoms with van der Waals surface area (Å²) < 4.78 is 0. The number of nitrogens with zero attached hydrogens (tertiary/aromatic N) is 2. The number of carbonyl (C=O) groups excluding carboxylic acids is 1. The number of nitrogens with two attached hydrogens (primary N) is 1. The average molecular weight is 219 g/mol. The van der Waals surface area contributed by atoms with Gasteiger partial charge in [-0.3, -0.25) is 9.78 Å². The summed E-state index contributed by atoms with van der Waals surface area (Å²) in [7, 11) is 1.81. The van der Waals surface area contributed by atoms with Gasteiger partial charge >= 0.3 is 0 Å². The number of rotatable bonds is 1. The number of aromatic nitrogens is 1. The Labute approximate surface area is 95.5 Å². The van der Waals surface area contributed by atoms with Crippen LogP contribution in [-0.4, -0.2) is 28.9 Å². The Kier molecular flexibility index (Phi) is 2.92. The Hall–Kier alpha value is -1.42. The minimum atomic E-state index is -0.0330. The van der Waals surface area contributed by atoms with Crippen molar-refractivity contribution in [2.24, 2.45) is 5.73 Å². The van der Waals surface area contributed by atoms with Crippen molar-refractivity contribution in [2.75, 3.05) is 7.05 Å². The van der Waals surface area contributed by atoms with Gasteiger partial charge in [0.05, 0.1) is 6.04 Å². The molecule has 4 nitrogen and oxygen atoms in total. The van der Waals surface area contributed by atoms with E-state index in [4.69, 9.17) is 5.73 Å². The van der Waals surface area contributed by atoms with Crippen LogP contribution in [0.15, 0.2) is 18.3 Å². The van der Waals surface area contributed by atoms with Crippen molar-refractivity contribution >= 4 is 5.91 Å². The molecule has 1 aliphatic rings. The van der Waals surface area contributed by atoms with Crippen molar-refractivity contribution in [1.29, 1.82) is 0 Å². The summed E-state index contributed by atoms with van der Waals surface area (Å²) in [4.78, 5) is 17.6. The number of pyridine rings is 1. The highest BCUT2D eigenvalue weighted by Gasteiger charge is 2.32. The fourth-order valence-electron chi connectivity index (χ4n) is 2.19. The summed E-state index contributed by atoms with van der Waals surface area (Å²) >= 11 is 0. The maximum atomic E-state index is 11.6. The maximum Gasteiger partial charge on any atom is 0.222 e. The third-order valence-electron chi connectivity index (χ3n) is 3.18. The van der Waals surface area contributed by atoms with E-state index in [0.717, 1.165) is 17.7 Å². The topological polar surface area (TPSA) is 59.2 Å². The second-order valence-corrected chi connectivity index (χ2v) is 4.38. The van der Waals surface area contributed by atoms with Gasteiger partial charge in [-0.1, -0.05) is 6.07 Å². The smallest absolute Gasteiger partial charge is 0.222 e. The molecule has 0 spiro atoms. The third kappa shape index (κ3) is 1.93. The zero-order valence-corrected chi connectivity index (χ0v) is 9.68. The van der Waals surface area contributed by atoms with E-state index in [-0.39, 0.29) is 18.0 Å². The molecular weight excluding hydrogens is 202 g/mol. The summed E-state index contributed by atoms with van der Waals surface area (Å²) in [6.07, 6.45) is 3.12. The number of amides is 1. The van der Waals surface area contributed by atoms with Crippen molar-refractivity contribution in [2.45, 2.75) is 31.8 Å². The molecular formula is C12H17N3O. The number of likely N-dealkylation sites (N-methyl/N-ethyl adjacent to an activating group) is 1. The molecule has 86 valence electrons. The molecule has 2 heterocycles. The van der Waals surface area contributed by atoms with E-state index < -0.39 is 0 Å². The molecule has 2 atom stereocenters.